The first kappa shape index (κ1) is 14.3. The number of ether oxygens (including phenoxy) is 1. The molecule has 96 valence electrons. The number of methoxy groups -OCH3 is 1. The van der Waals surface area contributed by atoms with Crippen LogP contribution < -0.4 is 4.74 Å². The molecule has 0 aromatic heterocycles. The third kappa shape index (κ3) is 4.57. The third-order valence-electron chi connectivity index (χ3n) is 2.89. The Morgan fingerprint density at radius 3 is 2.65 bits per heavy atom. The molecule has 0 aliphatic heterocycles. The molecule has 0 spiro atoms. The molecule has 0 heterocycles. The number of aliphatic hydroxyl groups is 1. The summed E-state index contributed by atoms with van der Waals surface area (Å²) in [6.45, 7) is 2.18. The quantitative estimate of drug-likeness (QED) is 0.735. The second kappa shape index (κ2) is 7.57. The van der Waals surface area contributed by atoms with E-state index in [0.29, 0.717) is 10.8 Å². The van der Waals surface area contributed by atoms with Crippen molar-refractivity contribution in [3.8, 4) is 5.75 Å². The molecule has 1 aromatic rings. The van der Waals surface area contributed by atoms with Crippen molar-refractivity contribution in [1.29, 1.82) is 0 Å². The van der Waals surface area contributed by atoms with Crippen molar-refractivity contribution >= 4 is 11.6 Å². The molecule has 1 aromatic carbocycles. The summed E-state index contributed by atoms with van der Waals surface area (Å²) < 4.78 is 5.08. The maximum Gasteiger partial charge on any atom is 0.137 e. The number of benzene rings is 1. The molecule has 3 heteroatoms. The molecular weight excluding hydrogens is 236 g/mol. The summed E-state index contributed by atoms with van der Waals surface area (Å²) in [6, 6.07) is 5.45. The highest BCUT2D eigenvalue weighted by atomic mass is 35.5. The highest BCUT2D eigenvalue weighted by Gasteiger charge is 2.09. The number of aliphatic hydroxyl groups excluding tert-OH is 1. The maximum atomic E-state index is 10.0. The molecule has 0 fully saturated rings. The lowest BCUT2D eigenvalue weighted by atomic mass is 10.0. The molecule has 0 amide bonds. The summed E-state index contributed by atoms with van der Waals surface area (Å²) in [5.74, 6) is 0.647. The summed E-state index contributed by atoms with van der Waals surface area (Å²) in [5, 5.41) is 10.6. The van der Waals surface area contributed by atoms with Crippen LogP contribution in [0.5, 0.6) is 5.75 Å². The van der Waals surface area contributed by atoms with Crippen molar-refractivity contribution in [2.45, 2.75) is 45.1 Å². The van der Waals surface area contributed by atoms with Gasteiger partial charge in [0.1, 0.15) is 5.75 Å². The second-order valence-electron chi connectivity index (χ2n) is 4.26. The van der Waals surface area contributed by atoms with Crippen LogP contribution >= 0.6 is 11.6 Å². The van der Waals surface area contributed by atoms with Crippen molar-refractivity contribution in [1.82, 2.24) is 0 Å². The van der Waals surface area contributed by atoms with Gasteiger partial charge in [-0.25, -0.2) is 0 Å². The van der Waals surface area contributed by atoms with Gasteiger partial charge in [0, 0.05) is 0 Å². The summed E-state index contributed by atoms with van der Waals surface area (Å²) >= 11 is 6.02. The van der Waals surface area contributed by atoms with E-state index in [-0.39, 0.29) is 0 Å². The molecule has 0 saturated heterocycles. The first-order valence-corrected chi connectivity index (χ1v) is 6.58. The zero-order chi connectivity index (χ0) is 12.7. The molecule has 0 bridgehead atoms. The zero-order valence-corrected chi connectivity index (χ0v) is 11.3. The number of hydrogen-bond donors (Lipinski definition) is 1. The molecular formula is C14H21ClO2. The highest BCUT2D eigenvalue weighted by Crippen LogP contribution is 2.29. The summed E-state index contributed by atoms with van der Waals surface area (Å²) in [6.07, 6.45) is 5.05. The van der Waals surface area contributed by atoms with E-state index in [1.54, 1.807) is 19.2 Å². The van der Waals surface area contributed by atoms with Gasteiger partial charge in [0.2, 0.25) is 0 Å². The number of hydrogen-bond acceptors (Lipinski definition) is 2. The average Bonchev–Trinajstić information content (AvgIpc) is 2.34. The van der Waals surface area contributed by atoms with Gasteiger partial charge in [-0.15, -0.1) is 0 Å². The van der Waals surface area contributed by atoms with E-state index in [4.69, 9.17) is 16.3 Å². The van der Waals surface area contributed by atoms with E-state index in [9.17, 15) is 5.11 Å². The molecule has 1 rings (SSSR count). The van der Waals surface area contributed by atoms with Gasteiger partial charge in [0.25, 0.3) is 0 Å². The summed E-state index contributed by atoms with van der Waals surface area (Å²) in [4.78, 5) is 0. The Bertz CT molecular complexity index is 339. The topological polar surface area (TPSA) is 29.5 Å². The van der Waals surface area contributed by atoms with Crippen LogP contribution in [0.15, 0.2) is 18.2 Å². The zero-order valence-electron chi connectivity index (χ0n) is 10.6. The van der Waals surface area contributed by atoms with Crippen molar-refractivity contribution < 1.29 is 9.84 Å². The van der Waals surface area contributed by atoms with Crippen LogP contribution in [0.1, 0.15) is 50.7 Å². The van der Waals surface area contributed by atoms with Gasteiger partial charge in [-0.1, -0.05) is 50.3 Å². The van der Waals surface area contributed by atoms with Crippen LogP contribution in [-0.4, -0.2) is 12.2 Å². The van der Waals surface area contributed by atoms with E-state index in [2.05, 4.69) is 6.92 Å². The molecule has 17 heavy (non-hydrogen) atoms. The molecule has 1 N–H and O–H groups in total. The van der Waals surface area contributed by atoms with E-state index >= 15 is 0 Å². The van der Waals surface area contributed by atoms with Crippen LogP contribution in [0.2, 0.25) is 5.02 Å². The van der Waals surface area contributed by atoms with Gasteiger partial charge >= 0.3 is 0 Å². The number of halogens is 1. The van der Waals surface area contributed by atoms with Gasteiger partial charge in [0.15, 0.2) is 0 Å². The van der Waals surface area contributed by atoms with Gasteiger partial charge in [0.05, 0.1) is 18.2 Å². The first-order chi connectivity index (χ1) is 8.19. The van der Waals surface area contributed by atoms with Crippen molar-refractivity contribution in [2.75, 3.05) is 7.11 Å². The maximum absolute atomic E-state index is 10.0. The molecule has 1 unspecified atom stereocenters. The van der Waals surface area contributed by atoms with Crippen LogP contribution in [-0.2, 0) is 0 Å². The monoisotopic (exact) mass is 256 g/mol. The van der Waals surface area contributed by atoms with Crippen molar-refractivity contribution in [2.24, 2.45) is 0 Å². The predicted molar refractivity (Wildman–Crippen MR) is 71.7 cm³/mol. The first-order valence-electron chi connectivity index (χ1n) is 6.20. The van der Waals surface area contributed by atoms with Gasteiger partial charge < -0.3 is 9.84 Å². The SMILES string of the molecule is CCCCCCC(O)c1ccc(OC)c(Cl)c1. The minimum Gasteiger partial charge on any atom is -0.495 e. The number of rotatable bonds is 7. The van der Waals surface area contributed by atoms with Crippen molar-refractivity contribution in [3.63, 3.8) is 0 Å². The van der Waals surface area contributed by atoms with Crippen LogP contribution in [0.4, 0.5) is 0 Å². The molecule has 1 atom stereocenters. The van der Waals surface area contributed by atoms with E-state index in [0.717, 1.165) is 18.4 Å². The summed E-state index contributed by atoms with van der Waals surface area (Å²) in [7, 11) is 1.59. The fourth-order valence-electron chi connectivity index (χ4n) is 1.82. The van der Waals surface area contributed by atoms with E-state index < -0.39 is 6.10 Å². The van der Waals surface area contributed by atoms with Gasteiger partial charge in [-0.2, -0.15) is 0 Å². The van der Waals surface area contributed by atoms with Gasteiger partial charge in [-0.3, -0.25) is 0 Å². The largest absolute Gasteiger partial charge is 0.495 e. The van der Waals surface area contributed by atoms with E-state index in [1.807, 2.05) is 6.07 Å². The predicted octanol–water partition coefficient (Wildman–Crippen LogP) is 4.35. The van der Waals surface area contributed by atoms with Crippen LogP contribution in [0, 0.1) is 0 Å². The Labute approximate surface area is 109 Å². The third-order valence-corrected chi connectivity index (χ3v) is 3.19. The Balaban J connectivity index is 2.51. The Kier molecular flexibility index (Phi) is 6.38. The Hall–Kier alpha value is -0.730. The lowest BCUT2D eigenvalue weighted by Gasteiger charge is -2.12. The lowest BCUT2D eigenvalue weighted by Crippen LogP contribution is -1.98. The van der Waals surface area contributed by atoms with Crippen molar-refractivity contribution in [3.05, 3.63) is 28.8 Å². The summed E-state index contributed by atoms with van der Waals surface area (Å²) in [5.41, 5.74) is 0.868. The highest BCUT2D eigenvalue weighted by molar-refractivity contribution is 6.32. The average molecular weight is 257 g/mol. The molecule has 0 radical (unpaired) electrons. The van der Waals surface area contributed by atoms with Crippen LogP contribution in [0.25, 0.3) is 0 Å². The van der Waals surface area contributed by atoms with Crippen LogP contribution in [0.3, 0.4) is 0 Å². The molecule has 0 saturated carbocycles. The number of unbranched alkanes of at least 4 members (excludes halogenated alkanes) is 3. The minimum absolute atomic E-state index is 0.421. The fraction of sp³-hybridized carbons (Fsp3) is 0.571. The normalized spacial score (nSPS) is 12.5. The Morgan fingerprint density at radius 2 is 2.06 bits per heavy atom. The smallest absolute Gasteiger partial charge is 0.137 e. The second-order valence-corrected chi connectivity index (χ2v) is 4.67. The lowest BCUT2D eigenvalue weighted by molar-refractivity contribution is 0.163. The Morgan fingerprint density at radius 1 is 1.29 bits per heavy atom. The van der Waals surface area contributed by atoms with Gasteiger partial charge in [-0.05, 0) is 24.1 Å². The fourth-order valence-corrected chi connectivity index (χ4v) is 2.09. The molecule has 2 nitrogen and oxygen atoms in total. The standard InChI is InChI=1S/C14H21ClO2/c1-3-4-5-6-7-13(16)11-8-9-14(17-2)12(15)10-11/h8-10,13,16H,3-7H2,1-2H3. The van der Waals surface area contributed by atoms with E-state index in [1.165, 1.54) is 19.3 Å². The molecule has 0 aliphatic rings. The minimum atomic E-state index is -0.421. The molecule has 0 aliphatic carbocycles.